The first-order valence-electron chi connectivity index (χ1n) is 9.58. The van der Waals surface area contributed by atoms with Crippen LogP contribution in [0.4, 0.5) is 0 Å². The highest BCUT2D eigenvalue weighted by Crippen LogP contribution is 2.60. The van der Waals surface area contributed by atoms with Crippen molar-refractivity contribution in [1.82, 2.24) is 15.6 Å². The van der Waals surface area contributed by atoms with E-state index in [4.69, 9.17) is 4.63 Å². The number of carbonyl (C=O) groups is 3. The number of benzene rings is 1. The average molecular weight is 403 g/mol. The molecule has 1 aliphatic heterocycles. The van der Waals surface area contributed by atoms with Crippen LogP contribution in [0, 0.1) is 16.7 Å². The summed E-state index contributed by atoms with van der Waals surface area (Å²) in [6, 6.07) is 3.22. The van der Waals surface area contributed by atoms with Gasteiger partial charge in [0, 0.05) is 12.0 Å². The summed E-state index contributed by atoms with van der Waals surface area (Å²) in [5, 5.41) is 31.6. The largest absolute Gasteiger partial charge is 0.481 e. The zero-order chi connectivity index (χ0) is 21.6. The number of piperidine rings is 1. The van der Waals surface area contributed by atoms with E-state index in [9.17, 15) is 24.6 Å². The van der Waals surface area contributed by atoms with E-state index >= 15 is 0 Å². The average Bonchev–Trinajstić information content (AvgIpc) is 3.15. The molecule has 1 saturated heterocycles. The second-order valence-corrected chi connectivity index (χ2v) is 8.01. The predicted octanol–water partition coefficient (Wildman–Crippen LogP) is 2.07. The number of nitrogens with one attached hydrogen (secondary N) is 1. The quantitative estimate of drug-likeness (QED) is 0.618. The van der Waals surface area contributed by atoms with Gasteiger partial charge in [-0.15, -0.1) is 0 Å². The molecule has 0 aliphatic carbocycles. The Hall–Kier alpha value is -2.81. The smallest absolute Gasteiger partial charge is 0.312 e. The molecule has 0 amide bonds. The number of fused-ring (bicyclic) bond motifs is 1. The molecule has 5 atom stereocenters. The Bertz CT molecular complexity index is 957. The van der Waals surface area contributed by atoms with E-state index in [1.165, 1.54) is 0 Å². The van der Waals surface area contributed by atoms with E-state index in [-0.39, 0.29) is 6.42 Å². The number of aliphatic carboxylic acids is 2. The van der Waals surface area contributed by atoms with Crippen molar-refractivity contribution in [2.24, 2.45) is 16.7 Å². The molecular weight excluding hydrogens is 378 g/mol. The summed E-state index contributed by atoms with van der Waals surface area (Å²) >= 11 is 0. The summed E-state index contributed by atoms with van der Waals surface area (Å²) in [7, 11) is 0. The number of aldehydes is 1. The third-order valence-corrected chi connectivity index (χ3v) is 6.77. The third-order valence-electron chi connectivity index (χ3n) is 6.77. The monoisotopic (exact) mass is 403 g/mol. The van der Waals surface area contributed by atoms with Crippen molar-refractivity contribution >= 4 is 29.3 Å². The summed E-state index contributed by atoms with van der Waals surface area (Å²) in [5.74, 6) is -3.88. The highest BCUT2D eigenvalue weighted by Gasteiger charge is 2.68. The zero-order valence-corrected chi connectivity index (χ0v) is 16.7. The molecule has 3 rings (SSSR count). The number of carbonyl (C=O) groups excluding carboxylic acids is 1. The number of hydrogen-bond acceptors (Lipinski definition) is 7. The Morgan fingerprint density at radius 2 is 1.97 bits per heavy atom. The molecule has 5 unspecified atom stereocenters. The van der Waals surface area contributed by atoms with E-state index in [1.807, 2.05) is 0 Å². The summed E-state index contributed by atoms with van der Waals surface area (Å²) < 4.78 is 4.85. The highest BCUT2D eigenvalue weighted by atomic mass is 16.6. The maximum Gasteiger partial charge on any atom is 0.312 e. The first-order chi connectivity index (χ1) is 13.7. The standard InChI is InChI=1S/C20H25N3O6/c1-5-19(17(25)26)14(9-24)21-11(4)20(10(2)3,18(27)28)16(19)12-7-6-8-13-15(12)23-29-22-13/h6-11,14,16,21H,5H2,1-4H3,(H,25,26)(H,27,28). The van der Waals surface area contributed by atoms with E-state index in [1.54, 1.807) is 45.9 Å². The molecule has 29 heavy (non-hydrogen) atoms. The molecular formula is C20H25N3O6. The molecule has 1 aliphatic rings. The van der Waals surface area contributed by atoms with Crippen LogP contribution in [-0.4, -0.2) is 50.8 Å². The van der Waals surface area contributed by atoms with Crippen LogP contribution in [0.3, 0.4) is 0 Å². The van der Waals surface area contributed by atoms with E-state index < -0.39 is 46.7 Å². The number of rotatable bonds is 6. The van der Waals surface area contributed by atoms with Gasteiger partial charge >= 0.3 is 11.9 Å². The van der Waals surface area contributed by atoms with Crippen molar-refractivity contribution in [1.29, 1.82) is 0 Å². The fourth-order valence-electron chi connectivity index (χ4n) is 5.39. The molecule has 1 aromatic heterocycles. The Morgan fingerprint density at radius 3 is 2.48 bits per heavy atom. The first kappa shape index (κ1) is 20.9. The van der Waals surface area contributed by atoms with Crippen LogP contribution >= 0.6 is 0 Å². The van der Waals surface area contributed by atoms with Crippen LogP contribution in [0.2, 0.25) is 0 Å². The Labute approximate surface area is 167 Å². The summed E-state index contributed by atoms with van der Waals surface area (Å²) in [6.07, 6.45) is 0.605. The molecule has 2 aromatic rings. The maximum atomic E-state index is 12.8. The second-order valence-electron chi connectivity index (χ2n) is 8.01. The molecule has 0 spiro atoms. The van der Waals surface area contributed by atoms with Crippen LogP contribution in [0.5, 0.6) is 0 Å². The fraction of sp³-hybridized carbons (Fsp3) is 0.550. The van der Waals surface area contributed by atoms with Crippen molar-refractivity contribution < 1.29 is 29.2 Å². The first-order valence-corrected chi connectivity index (χ1v) is 9.58. The van der Waals surface area contributed by atoms with Gasteiger partial charge in [-0.25, -0.2) is 4.63 Å². The van der Waals surface area contributed by atoms with Gasteiger partial charge in [0.15, 0.2) is 0 Å². The van der Waals surface area contributed by atoms with Crippen molar-refractivity contribution in [2.75, 3.05) is 0 Å². The molecule has 2 heterocycles. The number of carboxylic acids is 2. The van der Waals surface area contributed by atoms with Crippen molar-refractivity contribution in [3.05, 3.63) is 23.8 Å². The third kappa shape index (κ3) is 2.60. The van der Waals surface area contributed by atoms with E-state index in [0.717, 1.165) is 0 Å². The number of nitrogens with zero attached hydrogens (tertiary/aromatic N) is 2. The highest BCUT2D eigenvalue weighted by molar-refractivity contribution is 5.90. The number of carboxylic acid groups (broad SMARTS) is 2. The van der Waals surface area contributed by atoms with Gasteiger partial charge in [-0.05, 0) is 41.2 Å². The molecule has 9 heteroatoms. The minimum absolute atomic E-state index is 0.0412. The van der Waals surface area contributed by atoms with Crippen LogP contribution in [0.1, 0.15) is 45.6 Å². The maximum absolute atomic E-state index is 12.8. The molecule has 1 fully saturated rings. The summed E-state index contributed by atoms with van der Waals surface area (Å²) in [6.45, 7) is 6.84. The molecule has 9 nitrogen and oxygen atoms in total. The lowest BCUT2D eigenvalue weighted by molar-refractivity contribution is -0.178. The van der Waals surface area contributed by atoms with Gasteiger partial charge in [0.05, 0.1) is 16.9 Å². The fourth-order valence-corrected chi connectivity index (χ4v) is 5.39. The van der Waals surface area contributed by atoms with Crippen LogP contribution in [-0.2, 0) is 14.4 Å². The van der Waals surface area contributed by atoms with E-state index in [0.29, 0.717) is 22.9 Å². The van der Waals surface area contributed by atoms with Gasteiger partial charge in [0.25, 0.3) is 0 Å². The molecule has 0 saturated carbocycles. The lowest BCUT2D eigenvalue weighted by Gasteiger charge is -2.58. The van der Waals surface area contributed by atoms with Crippen LogP contribution < -0.4 is 5.32 Å². The molecule has 0 radical (unpaired) electrons. The topological polar surface area (TPSA) is 143 Å². The van der Waals surface area contributed by atoms with Crippen LogP contribution in [0.25, 0.3) is 11.0 Å². The molecule has 3 N–H and O–H groups in total. The van der Waals surface area contributed by atoms with Gasteiger partial charge in [-0.3, -0.25) is 9.59 Å². The van der Waals surface area contributed by atoms with Gasteiger partial charge < -0.3 is 20.3 Å². The van der Waals surface area contributed by atoms with E-state index in [2.05, 4.69) is 15.6 Å². The predicted molar refractivity (Wildman–Crippen MR) is 102 cm³/mol. The van der Waals surface area contributed by atoms with Crippen molar-refractivity contribution in [3.8, 4) is 0 Å². The second kappa shape index (κ2) is 7.22. The summed E-state index contributed by atoms with van der Waals surface area (Å²) in [5.41, 5.74) is -2.12. The van der Waals surface area contributed by atoms with Gasteiger partial charge in [0.1, 0.15) is 17.3 Å². The SMILES string of the molecule is CCC1(C(=O)O)C(C=O)NC(C)C(C(=O)O)(C(C)C)C1c1cccc2nonc12. The molecule has 156 valence electrons. The Kier molecular flexibility index (Phi) is 5.20. The van der Waals surface area contributed by atoms with Gasteiger partial charge in [0.2, 0.25) is 0 Å². The number of hydrogen-bond donors (Lipinski definition) is 3. The Morgan fingerprint density at radius 1 is 1.28 bits per heavy atom. The number of aromatic nitrogens is 2. The van der Waals surface area contributed by atoms with Crippen molar-refractivity contribution in [2.45, 2.75) is 52.1 Å². The minimum atomic E-state index is -1.70. The van der Waals surface area contributed by atoms with Gasteiger partial charge in [-0.2, -0.15) is 0 Å². The van der Waals surface area contributed by atoms with Crippen molar-refractivity contribution in [3.63, 3.8) is 0 Å². The Balaban J connectivity index is 2.50. The van der Waals surface area contributed by atoms with Gasteiger partial charge in [-0.1, -0.05) is 32.9 Å². The normalized spacial score (nSPS) is 32.4. The zero-order valence-electron chi connectivity index (χ0n) is 16.7. The van der Waals surface area contributed by atoms with Crippen LogP contribution in [0.15, 0.2) is 22.8 Å². The molecule has 1 aromatic carbocycles. The minimum Gasteiger partial charge on any atom is -0.481 e. The lowest BCUT2D eigenvalue weighted by Crippen LogP contribution is -2.72. The molecule has 0 bridgehead atoms. The lowest BCUT2D eigenvalue weighted by atomic mass is 9.48. The summed E-state index contributed by atoms with van der Waals surface area (Å²) in [4.78, 5) is 37.6.